The summed E-state index contributed by atoms with van der Waals surface area (Å²) in [4.78, 5) is 67.5. The molecule has 0 aliphatic heterocycles. The molecule has 5 aromatic rings. The van der Waals surface area contributed by atoms with Crippen molar-refractivity contribution < 1.29 is 24.0 Å². The number of nitrogens with one attached hydrogen (secondary N) is 6. The van der Waals surface area contributed by atoms with Gasteiger partial charge in [0.25, 0.3) is 29.5 Å². The van der Waals surface area contributed by atoms with E-state index in [1.165, 1.54) is 28.9 Å². The summed E-state index contributed by atoms with van der Waals surface area (Å²) >= 11 is 6.95. The van der Waals surface area contributed by atoms with Crippen LogP contribution in [-0.4, -0.2) is 89.1 Å². The van der Waals surface area contributed by atoms with Crippen molar-refractivity contribution >= 4 is 95.8 Å². The summed E-state index contributed by atoms with van der Waals surface area (Å²) < 4.78 is 6.00. The van der Waals surface area contributed by atoms with Gasteiger partial charge in [0.1, 0.15) is 22.8 Å². The predicted octanol–water partition coefficient (Wildman–Crippen LogP) is 4.10. The Bertz CT molecular complexity index is 2300. The van der Waals surface area contributed by atoms with Crippen LogP contribution in [0.3, 0.4) is 0 Å². The monoisotopic (exact) mass is 907 g/mol. The van der Waals surface area contributed by atoms with Gasteiger partial charge in [0, 0.05) is 101 Å². The van der Waals surface area contributed by atoms with Crippen molar-refractivity contribution in [3.8, 4) is 0 Å². The molecule has 0 aliphatic carbocycles. The fourth-order valence-electron chi connectivity index (χ4n) is 5.89. The fraction of sp³-hybridized carbons (Fsp3) is 0.270. The number of aryl methyl sites for hydroxylation is 4. The zero-order valence-corrected chi connectivity index (χ0v) is 34.8. The quantitative estimate of drug-likeness (QED) is 0.0407. The Morgan fingerprint density at radius 3 is 1.58 bits per heavy atom. The first-order chi connectivity index (χ1) is 27.2. The first-order valence-corrected chi connectivity index (χ1v) is 19.8. The molecule has 300 valence electrons. The Morgan fingerprint density at radius 2 is 1.12 bits per heavy atom. The number of amidine groups is 1. The molecule has 0 atom stereocenters. The normalized spacial score (nSPS) is 10.8. The van der Waals surface area contributed by atoms with Crippen LogP contribution in [0.25, 0.3) is 0 Å². The van der Waals surface area contributed by atoms with Gasteiger partial charge in [-0.25, -0.2) is 0 Å². The van der Waals surface area contributed by atoms with E-state index in [-0.39, 0.29) is 53.5 Å². The number of hydrogen-bond donors (Lipinski definition) is 7. The zero-order chi connectivity index (χ0) is 41.4. The van der Waals surface area contributed by atoms with E-state index < -0.39 is 17.7 Å². The Labute approximate surface area is 344 Å². The Morgan fingerprint density at radius 1 is 0.667 bits per heavy atom. The van der Waals surface area contributed by atoms with Gasteiger partial charge in [-0.05, 0) is 42.5 Å². The maximum absolute atomic E-state index is 13.3. The lowest BCUT2D eigenvalue weighted by atomic mass is 10.2. The molecular formula is C37H43Br2N13O5. The fourth-order valence-corrected chi connectivity index (χ4v) is 6.75. The molecule has 0 fully saturated rings. The van der Waals surface area contributed by atoms with Gasteiger partial charge in [0.2, 0.25) is 0 Å². The van der Waals surface area contributed by atoms with Crippen molar-refractivity contribution in [2.24, 2.45) is 33.9 Å². The Balaban J connectivity index is 1.17. The summed E-state index contributed by atoms with van der Waals surface area (Å²) in [5.74, 6) is -2.07. The average molecular weight is 910 g/mol. The molecule has 4 aromatic heterocycles. The minimum Gasteiger partial charge on any atom is -0.388 e. The number of halogens is 2. The van der Waals surface area contributed by atoms with Crippen LogP contribution >= 0.6 is 31.9 Å². The van der Waals surface area contributed by atoms with Gasteiger partial charge in [0.05, 0.1) is 22.9 Å². The topological polar surface area (TPSA) is 231 Å². The summed E-state index contributed by atoms with van der Waals surface area (Å²) in [7, 11) is 6.54. The molecule has 4 heterocycles. The van der Waals surface area contributed by atoms with Crippen LogP contribution in [0.15, 0.2) is 67.1 Å². The number of rotatable bonds is 17. The van der Waals surface area contributed by atoms with Gasteiger partial charge < -0.3 is 50.9 Å². The highest BCUT2D eigenvalue weighted by molar-refractivity contribution is 9.09. The molecule has 0 spiro atoms. The van der Waals surface area contributed by atoms with E-state index >= 15 is 0 Å². The van der Waals surface area contributed by atoms with Gasteiger partial charge in [-0.1, -0.05) is 31.9 Å². The lowest BCUT2D eigenvalue weighted by molar-refractivity contribution is 0.0943. The van der Waals surface area contributed by atoms with E-state index in [1.54, 1.807) is 72.6 Å². The summed E-state index contributed by atoms with van der Waals surface area (Å²) in [5, 5.41) is 26.9. The van der Waals surface area contributed by atoms with Crippen molar-refractivity contribution in [3.63, 3.8) is 0 Å². The van der Waals surface area contributed by atoms with Crippen molar-refractivity contribution in [1.29, 1.82) is 5.41 Å². The number of carbonyl (C=O) groups excluding carboxylic acids is 5. The number of nitrogens with zero attached hydrogens (tertiary/aromatic N) is 6. The first kappa shape index (κ1) is 42.0. The van der Waals surface area contributed by atoms with E-state index in [0.717, 1.165) is 29.4 Å². The van der Waals surface area contributed by atoms with Crippen molar-refractivity contribution in [2.75, 3.05) is 56.5 Å². The highest BCUT2D eigenvalue weighted by atomic mass is 79.9. The molecule has 8 N–H and O–H groups in total. The number of anilines is 5. The third-order valence-corrected chi connectivity index (χ3v) is 9.43. The highest BCUT2D eigenvalue weighted by Crippen LogP contribution is 2.21. The largest absolute Gasteiger partial charge is 0.388 e. The van der Waals surface area contributed by atoms with Gasteiger partial charge in [-0.15, -0.1) is 0 Å². The summed E-state index contributed by atoms with van der Waals surface area (Å²) in [6.07, 6.45) is 4.97. The van der Waals surface area contributed by atoms with Crippen LogP contribution in [0.4, 0.5) is 28.6 Å². The first-order valence-electron chi connectivity index (χ1n) is 17.5. The smallest absolute Gasteiger partial charge is 0.274 e. The molecule has 57 heavy (non-hydrogen) atoms. The predicted molar refractivity (Wildman–Crippen MR) is 226 cm³/mol. The molecule has 0 bridgehead atoms. The second-order valence-electron chi connectivity index (χ2n) is 13.0. The summed E-state index contributed by atoms with van der Waals surface area (Å²) in [6, 6.07) is 13.2. The molecule has 5 amide bonds. The highest BCUT2D eigenvalue weighted by Gasteiger charge is 2.21. The number of carbonyl (C=O) groups is 5. The number of nitrogens with two attached hydrogens (primary N) is 1. The van der Waals surface area contributed by atoms with Gasteiger partial charge in [0.15, 0.2) is 5.82 Å². The van der Waals surface area contributed by atoms with E-state index in [1.807, 2.05) is 12.1 Å². The van der Waals surface area contributed by atoms with Gasteiger partial charge >= 0.3 is 0 Å². The molecule has 5 rings (SSSR count). The maximum atomic E-state index is 13.3. The van der Waals surface area contributed by atoms with Crippen molar-refractivity contribution in [2.45, 2.75) is 6.42 Å². The molecule has 0 aliphatic rings. The van der Waals surface area contributed by atoms with E-state index in [4.69, 9.17) is 11.1 Å². The molecule has 0 saturated heterocycles. The molecular weight excluding hydrogens is 866 g/mol. The molecule has 0 unspecified atom stereocenters. The minimum atomic E-state index is -0.510. The van der Waals surface area contributed by atoms with Crippen LogP contribution in [0.5, 0.6) is 0 Å². The SMILES string of the molecule is Cn1cc(NC(=O)c2cc(NC(=O)c3cc(NC(=O)c4cc(NC(=O)c5ccc(N(CCBr)CCBr)cc5)nn4C)cn3C)cn2C)cc1C(=O)NCCC(=N)N. The van der Waals surface area contributed by atoms with Crippen LogP contribution in [0.1, 0.15) is 58.7 Å². The van der Waals surface area contributed by atoms with Crippen LogP contribution in [-0.2, 0) is 28.2 Å². The number of benzene rings is 1. The third-order valence-electron chi connectivity index (χ3n) is 8.72. The Kier molecular flexibility index (Phi) is 13.7. The second-order valence-corrected chi connectivity index (χ2v) is 14.6. The van der Waals surface area contributed by atoms with E-state index in [9.17, 15) is 24.0 Å². The molecule has 1 aromatic carbocycles. The van der Waals surface area contributed by atoms with E-state index in [0.29, 0.717) is 28.3 Å². The molecule has 18 nitrogen and oxygen atoms in total. The number of alkyl halides is 2. The lowest BCUT2D eigenvalue weighted by Gasteiger charge is -2.23. The number of aromatic nitrogens is 5. The third kappa shape index (κ3) is 10.6. The molecule has 0 saturated carbocycles. The van der Waals surface area contributed by atoms with Gasteiger partial charge in [-0.2, -0.15) is 5.10 Å². The van der Waals surface area contributed by atoms with Crippen molar-refractivity contribution in [3.05, 3.63) is 95.5 Å². The standard InChI is InChI=1S/C37H43Br2N13O5/c1-48-19-23(15-27(48)34(54)42-12-9-31(40)41)43-35(55)28-16-24(20-49(28)2)44-36(56)29-17-25(21-50(29)3)45-37(57)30-18-32(47-51(30)4)46-33(53)22-5-7-26(8-6-22)52(13-10-38)14-11-39/h5-8,15-21H,9-14H2,1-4H3,(H3,40,41)(H,42,54)(H,43,55)(H,44,56)(H,45,57)(H,46,47,53). The number of hydrogen-bond acceptors (Lipinski definition) is 8. The van der Waals surface area contributed by atoms with E-state index in [2.05, 4.69) is 68.4 Å². The van der Waals surface area contributed by atoms with Crippen molar-refractivity contribution in [1.82, 2.24) is 28.8 Å². The molecule has 20 heteroatoms. The van der Waals surface area contributed by atoms with Crippen LogP contribution in [0.2, 0.25) is 0 Å². The molecule has 0 radical (unpaired) electrons. The number of amides is 5. The second kappa shape index (κ2) is 18.7. The lowest BCUT2D eigenvalue weighted by Crippen LogP contribution is -2.28. The Hall–Kier alpha value is -6.15. The maximum Gasteiger partial charge on any atom is 0.274 e. The summed E-state index contributed by atoms with van der Waals surface area (Å²) in [5.41, 5.74) is 8.79. The van der Waals surface area contributed by atoms with Crippen LogP contribution < -0.4 is 37.2 Å². The summed E-state index contributed by atoms with van der Waals surface area (Å²) in [6.45, 7) is 1.84. The minimum absolute atomic E-state index is 0.0382. The van der Waals surface area contributed by atoms with Gasteiger partial charge in [-0.3, -0.25) is 34.1 Å². The average Bonchev–Trinajstić information content (AvgIpc) is 3.92. The van der Waals surface area contributed by atoms with Crippen LogP contribution in [0, 0.1) is 5.41 Å². The zero-order valence-electron chi connectivity index (χ0n) is 31.7.